The molecule has 1 fully saturated rings. The summed E-state index contributed by atoms with van der Waals surface area (Å²) in [5, 5.41) is 3.49. The Labute approximate surface area is 110 Å². The molecule has 1 aromatic rings. The number of rotatable bonds is 6. The molecule has 0 spiro atoms. The lowest BCUT2D eigenvalue weighted by atomic mass is 10.0. The second-order valence-electron chi connectivity index (χ2n) is 4.78. The summed E-state index contributed by atoms with van der Waals surface area (Å²) >= 11 is 0. The number of ether oxygens (including phenoxy) is 1. The van der Waals surface area contributed by atoms with Crippen LogP contribution in [0.15, 0.2) is 30.3 Å². The summed E-state index contributed by atoms with van der Waals surface area (Å²) in [7, 11) is 0. The Hall–Kier alpha value is -0.900. The molecule has 0 amide bonds. The van der Waals surface area contributed by atoms with E-state index in [1.807, 2.05) is 0 Å². The first kappa shape index (κ1) is 13.5. The topological polar surface area (TPSA) is 24.5 Å². The molecule has 1 N–H and O–H groups in total. The first-order valence-corrected chi connectivity index (χ1v) is 6.96. The molecule has 2 rings (SSSR count). The Morgan fingerprint density at radius 2 is 2.17 bits per heavy atom. The summed E-state index contributed by atoms with van der Waals surface area (Å²) < 4.78 is 5.47. The number of hydrogen-bond acceptors (Lipinski definition) is 3. The summed E-state index contributed by atoms with van der Waals surface area (Å²) in [6.45, 7) is 8.08. The molecular formula is C15H24N2O. The van der Waals surface area contributed by atoms with Gasteiger partial charge in [0.2, 0.25) is 0 Å². The van der Waals surface area contributed by atoms with E-state index < -0.39 is 0 Å². The van der Waals surface area contributed by atoms with Crippen LogP contribution in [-0.2, 0) is 11.2 Å². The monoisotopic (exact) mass is 248 g/mol. The van der Waals surface area contributed by atoms with Crippen LogP contribution in [0.5, 0.6) is 0 Å². The summed E-state index contributed by atoms with van der Waals surface area (Å²) in [6, 6.07) is 11.4. The van der Waals surface area contributed by atoms with Gasteiger partial charge in [-0.25, -0.2) is 0 Å². The molecule has 1 unspecified atom stereocenters. The highest BCUT2D eigenvalue weighted by Crippen LogP contribution is 2.10. The van der Waals surface area contributed by atoms with Gasteiger partial charge in [-0.1, -0.05) is 30.3 Å². The zero-order chi connectivity index (χ0) is 12.6. The van der Waals surface area contributed by atoms with E-state index >= 15 is 0 Å². The summed E-state index contributed by atoms with van der Waals surface area (Å²) in [5.41, 5.74) is 1.42. The van der Waals surface area contributed by atoms with Crippen molar-refractivity contribution in [2.24, 2.45) is 0 Å². The molecule has 1 heterocycles. The fourth-order valence-electron chi connectivity index (χ4n) is 2.51. The van der Waals surface area contributed by atoms with Crippen LogP contribution in [0.25, 0.3) is 0 Å². The van der Waals surface area contributed by atoms with Crippen molar-refractivity contribution < 1.29 is 4.74 Å². The third kappa shape index (κ3) is 4.09. The molecule has 3 heteroatoms. The number of piperazine rings is 1. The average Bonchev–Trinajstić information content (AvgIpc) is 2.42. The molecule has 1 saturated heterocycles. The molecule has 100 valence electrons. The maximum Gasteiger partial charge on any atom is 0.0593 e. The normalized spacial score (nSPS) is 21.1. The highest BCUT2D eigenvalue weighted by Gasteiger charge is 2.21. The highest BCUT2D eigenvalue weighted by atomic mass is 16.5. The minimum atomic E-state index is 0.599. The standard InChI is InChI=1S/C15H24N2O/c1-2-18-11-10-17-9-8-16-13-15(17)12-14-6-4-3-5-7-14/h3-7,15-16H,2,8-13H2,1H3. The van der Waals surface area contributed by atoms with E-state index in [0.29, 0.717) is 6.04 Å². The average molecular weight is 248 g/mol. The van der Waals surface area contributed by atoms with Crippen molar-refractivity contribution in [2.75, 3.05) is 39.4 Å². The van der Waals surface area contributed by atoms with Crippen LogP contribution in [0.1, 0.15) is 12.5 Å². The van der Waals surface area contributed by atoms with E-state index in [0.717, 1.165) is 45.8 Å². The predicted molar refractivity (Wildman–Crippen MR) is 74.9 cm³/mol. The lowest BCUT2D eigenvalue weighted by molar-refractivity contribution is 0.0829. The number of nitrogens with zero attached hydrogens (tertiary/aromatic N) is 1. The van der Waals surface area contributed by atoms with Gasteiger partial charge in [0.1, 0.15) is 0 Å². The molecular weight excluding hydrogens is 224 g/mol. The summed E-state index contributed by atoms with van der Waals surface area (Å²) in [6.07, 6.45) is 1.12. The van der Waals surface area contributed by atoms with Crippen LogP contribution in [0.3, 0.4) is 0 Å². The second-order valence-corrected chi connectivity index (χ2v) is 4.78. The third-order valence-corrected chi connectivity index (χ3v) is 3.51. The Balaban J connectivity index is 1.87. The van der Waals surface area contributed by atoms with Crippen molar-refractivity contribution in [1.29, 1.82) is 0 Å². The van der Waals surface area contributed by atoms with Gasteiger partial charge in [0, 0.05) is 38.8 Å². The fourth-order valence-corrected chi connectivity index (χ4v) is 2.51. The maximum atomic E-state index is 5.47. The molecule has 18 heavy (non-hydrogen) atoms. The molecule has 0 aromatic heterocycles. The van der Waals surface area contributed by atoms with Crippen LogP contribution in [-0.4, -0.2) is 50.3 Å². The molecule has 0 saturated carbocycles. The van der Waals surface area contributed by atoms with Crippen molar-refractivity contribution in [3.8, 4) is 0 Å². The molecule has 0 bridgehead atoms. The quantitative estimate of drug-likeness (QED) is 0.773. The number of nitrogens with one attached hydrogen (secondary N) is 1. The minimum absolute atomic E-state index is 0.599. The number of hydrogen-bond donors (Lipinski definition) is 1. The van der Waals surface area contributed by atoms with Crippen LogP contribution < -0.4 is 5.32 Å². The molecule has 3 nitrogen and oxygen atoms in total. The van der Waals surface area contributed by atoms with Gasteiger partial charge in [-0.2, -0.15) is 0 Å². The van der Waals surface area contributed by atoms with E-state index in [1.54, 1.807) is 0 Å². The molecule has 0 radical (unpaired) electrons. The largest absolute Gasteiger partial charge is 0.380 e. The van der Waals surface area contributed by atoms with E-state index in [1.165, 1.54) is 5.56 Å². The van der Waals surface area contributed by atoms with Gasteiger partial charge in [-0.05, 0) is 18.9 Å². The van der Waals surface area contributed by atoms with Crippen LogP contribution >= 0.6 is 0 Å². The van der Waals surface area contributed by atoms with E-state index in [9.17, 15) is 0 Å². The van der Waals surface area contributed by atoms with Gasteiger partial charge in [0.05, 0.1) is 6.61 Å². The number of benzene rings is 1. The van der Waals surface area contributed by atoms with Crippen molar-refractivity contribution in [1.82, 2.24) is 10.2 Å². The van der Waals surface area contributed by atoms with Crippen molar-refractivity contribution in [2.45, 2.75) is 19.4 Å². The minimum Gasteiger partial charge on any atom is -0.380 e. The zero-order valence-electron chi connectivity index (χ0n) is 11.3. The lowest BCUT2D eigenvalue weighted by Crippen LogP contribution is -2.53. The smallest absolute Gasteiger partial charge is 0.0593 e. The Kier molecular flexibility index (Phi) is 5.65. The van der Waals surface area contributed by atoms with E-state index in [2.05, 4.69) is 47.5 Å². The zero-order valence-corrected chi connectivity index (χ0v) is 11.3. The Morgan fingerprint density at radius 3 is 2.94 bits per heavy atom. The predicted octanol–water partition coefficient (Wildman–Crippen LogP) is 1.54. The first-order chi connectivity index (χ1) is 8.90. The Bertz CT molecular complexity index is 329. The molecule has 1 aromatic carbocycles. The van der Waals surface area contributed by atoms with Gasteiger partial charge in [-0.15, -0.1) is 0 Å². The van der Waals surface area contributed by atoms with Gasteiger partial charge >= 0.3 is 0 Å². The first-order valence-electron chi connectivity index (χ1n) is 6.96. The van der Waals surface area contributed by atoms with Gasteiger partial charge in [0.15, 0.2) is 0 Å². The maximum absolute atomic E-state index is 5.47. The van der Waals surface area contributed by atoms with E-state index in [4.69, 9.17) is 4.74 Å². The van der Waals surface area contributed by atoms with Gasteiger partial charge < -0.3 is 10.1 Å². The highest BCUT2D eigenvalue weighted by molar-refractivity contribution is 5.16. The van der Waals surface area contributed by atoms with Crippen molar-refractivity contribution >= 4 is 0 Å². The third-order valence-electron chi connectivity index (χ3n) is 3.51. The second kappa shape index (κ2) is 7.52. The lowest BCUT2D eigenvalue weighted by Gasteiger charge is -2.36. The molecule has 1 aliphatic rings. The van der Waals surface area contributed by atoms with Crippen LogP contribution in [0.2, 0.25) is 0 Å². The summed E-state index contributed by atoms with van der Waals surface area (Å²) in [5.74, 6) is 0. The summed E-state index contributed by atoms with van der Waals surface area (Å²) in [4.78, 5) is 2.55. The fraction of sp³-hybridized carbons (Fsp3) is 0.600. The Morgan fingerprint density at radius 1 is 1.33 bits per heavy atom. The van der Waals surface area contributed by atoms with Crippen LogP contribution in [0.4, 0.5) is 0 Å². The molecule has 1 aliphatic heterocycles. The van der Waals surface area contributed by atoms with Crippen molar-refractivity contribution in [3.05, 3.63) is 35.9 Å². The van der Waals surface area contributed by atoms with Crippen LogP contribution in [0, 0.1) is 0 Å². The molecule has 1 atom stereocenters. The van der Waals surface area contributed by atoms with Gasteiger partial charge in [-0.3, -0.25) is 4.90 Å². The van der Waals surface area contributed by atoms with E-state index in [-0.39, 0.29) is 0 Å². The molecule has 0 aliphatic carbocycles. The van der Waals surface area contributed by atoms with Gasteiger partial charge in [0.25, 0.3) is 0 Å². The SMILES string of the molecule is CCOCCN1CCNCC1Cc1ccccc1. The van der Waals surface area contributed by atoms with Crippen molar-refractivity contribution in [3.63, 3.8) is 0 Å².